The van der Waals surface area contributed by atoms with Gasteiger partial charge in [0.15, 0.2) is 11.5 Å². The predicted octanol–water partition coefficient (Wildman–Crippen LogP) is 4.24. The number of amides is 1. The zero-order valence-corrected chi connectivity index (χ0v) is 19.4. The molecule has 0 radical (unpaired) electrons. The van der Waals surface area contributed by atoms with Gasteiger partial charge in [-0.25, -0.2) is 0 Å². The molecule has 0 unspecified atom stereocenters. The van der Waals surface area contributed by atoms with E-state index in [1.165, 1.54) is 17.3 Å². The van der Waals surface area contributed by atoms with Crippen molar-refractivity contribution in [3.8, 4) is 23.3 Å². The quantitative estimate of drug-likeness (QED) is 0.673. The van der Waals surface area contributed by atoms with Crippen molar-refractivity contribution in [2.45, 2.75) is 19.3 Å². The highest BCUT2D eigenvalue weighted by Gasteiger charge is 2.39. The summed E-state index contributed by atoms with van der Waals surface area (Å²) in [6.07, 6.45) is 0.181. The van der Waals surface area contributed by atoms with Gasteiger partial charge in [0, 0.05) is 29.7 Å². The van der Waals surface area contributed by atoms with Crippen molar-refractivity contribution in [1.29, 1.82) is 5.26 Å². The maximum Gasteiger partial charge on any atom is 0.229 e. The van der Waals surface area contributed by atoms with Crippen LogP contribution in [-0.2, 0) is 4.79 Å². The number of hydrogen-bond acceptors (Lipinski definition) is 7. The standard InChI is InChI=1S/C24H25N3O4S/c1-15-5-7-16(8-6-15)26-13-27-23(28)10-17(19(12-25)24(27)32-14-26)18-9-21(30-3)22(31-4)11-20(18)29-2/h5-9,11,17H,10,13-14H2,1-4H3/t17-/m0/s1. The molecule has 0 N–H and O–H groups in total. The van der Waals surface area contributed by atoms with Gasteiger partial charge in [0.25, 0.3) is 0 Å². The number of hydrogen-bond donors (Lipinski definition) is 0. The lowest BCUT2D eigenvalue weighted by atomic mass is 9.85. The Bertz CT molecular complexity index is 1110. The second-order valence-electron chi connectivity index (χ2n) is 7.65. The van der Waals surface area contributed by atoms with Gasteiger partial charge in [-0.05, 0) is 25.1 Å². The van der Waals surface area contributed by atoms with E-state index in [-0.39, 0.29) is 12.3 Å². The molecule has 2 aromatic rings. The first kappa shape index (κ1) is 21.9. The largest absolute Gasteiger partial charge is 0.496 e. The van der Waals surface area contributed by atoms with Crippen LogP contribution >= 0.6 is 11.8 Å². The van der Waals surface area contributed by atoms with Crippen LogP contribution in [0.3, 0.4) is 0 Å². The van der Waals surface area contributed by atoms with Crippen LogP contribution in [0.2, 0.25) is 0 Å². The second-order valence-corrected chi connectivity index (χ2v) is 8.58. The highest BCUT2D eigenvalue weighted by Crippen LogP contribution is 2.47. The molecule has 2 aromatic carbocycles. The van der Waals surface area contributed by atoms with Crippen molar-refractivity contribution in [1.82, 2.24) is 4.90 Å². The summed E-state index contributed by atoms with van der Waals surface area (Å²) in [5, 5.41) is 10.8. The summed E-state index contributed by atoms with van der Waals surface area (Å²) in [4.78, 5) is 17.1. The fraction of sp³-hybridized carbons (Fsp3) is 0.333. The van der Waals surface area contributed by atoms with Crippen LogP contribution in [0.15, 0.2) is 47.0 Å². The maximum atomic E-state index is 13.2. The first-order valence-corrected chi connectivity index (χ1v) is 11.2. The average molecular weight is 452 g/mol. The van der Waals surface area contributed by atoms with E-state index in [9.17, 15) is 10.1 Å². The van der Waals surface area contributed by atoms with E-state index < -0.39 is 5.92 Å². The summed E-state index contributed by atoms with van der Waals surface area (Å²) in [6.45, 7) is 2.47. The van der Waals surface area contributed by atoms with Gasteiger partial charge in [-0.2, -0.15) is 5.26 Å². The van der Waals surface area contributed by atoms with E-state index >= 15 is 0 Å². The molecule has 1 saturated heterocycles. The number of fused-ring (bicyclic) bond motifs is 1. The van der Waals surface area contributed by atoms with Crippen molar-refractivity contribution in [2.24, 2.45) is 0 Å². The van der Waals surface area contributed by atoms with E-state index in [4.69, 9.17) is 14.2 Å². The smallest absolute Gasteiger partial charge is 0.229 e. The van der Waals surface area contributed by atoms with Crippen LogP contribution in [0.4, 0.5) is 5.69 Å². The van der Waals surface area contributed by atoms with Crippen LogP contribution in [0, 0.1) is 18.3 Å². The predicted molar refractivity (Wildman–Crippen MR) is 124 cm³/mol. The summed E-state index contributed by atoms with van der Waals surface area (Å²) in [6, 6.07) is 14.1. The second kappa shape index (κ2) is 9.05. The highest BCUT2D eigenvalue weighted by molar-refractivity contribution is 8.03. The zero-order chi connectivity index (χ0) is 22.8. The first-order valence-electron chi connectivity index (χ1n) is 10.2. The first-order chi connectivity index (χ1) is 15.5. The molecule has 0 spiro atoms. The molecule has 32 heavy (non-hydrogen) atoms. The monoisotopic (exact) mass is 451 g/mol. The Morgan fingerprint density at radius 2 is 1.69 bits per heavy atom. The summed E-state index contributed by atoms with van der Waals surface area (Å²) in [5.74, 6) is 1.84. The van der Waals surface area contributed by atoms with Gasteiger partial charge < -0.3 is 19.1 Å². The molecule has 2 aliphatic rings. The Kier molecular flexibility index (Phi) is 6.19. The zero-order valence-electron chi connectivity index (χ0n) is 18.5. The molecular weight excluding hydrogens is 426 g/mol. The van der Waals surface area contributed by atoms with Gasteiger partial charge in [0.2, 0.25) is 5.91 Å². The molecule has 0 saturated carbocycles. The van der Waals surface area contributed by atoms with E-state index in [1.54, 1.807) is 38.4 Å². The Morgan fingerprint density at radius 3 is 2.31 bits per heavy atom. The Hall–Kier alpha value is -3.31. The van der Waals surface area contributed by atoms with Crippen LogP contribution in [-0.4, -0.2) is 44.7 Å². The Balaban J connectivity index is 1.72. The number of aryl methyl sites for hydroxylation is 1. The molecule has 7 nitrogen and oxygen atoms in total. The van der Waals surface area contributed by atoms with Gasteiger partial charge in [-0.15, -0.1) is 0 Å². The molecule has 8 heteroatoms. The van der Waals surface area contributed by atoms with Gasteiger partial charge in [0.1, 0.15) is 5.75 Å². The lowest BCUT2D eigenvalue weighted by Gasteiger charge is -2.42. The van der Waals surface area contributed by atoms with E-state index in [0.717, 1.165) is 11.3 Å². The normalized spacial score (nSPS) is 18.2. The summed E-state index contributed by atoms with van der Waals surface area (Å²) >= 11 is 1.51. The molecule has 0 bridgehead atoms. The third-order valence-corrected chi connectivity index (χ3v) is 6.96. The molecule has 1 amide bonds. The van der Waals surface area contributed by atoms with E-state index in [1.807, 2.05) is 6.92 Å². The van der Waals surface area contributed by atoms with Crippen LogP contribution in [0.5, 0.6) is 17.2 Å². The summed E-state index contributed by atoms with van der Waals surface area (Å²) in [5.41, 5.74) is 3.55. The third-order valence-electron chi connectivity index (χ3n) is 5.80. The number of thioether (sulfide) groups is 1. The van der Waals surface area contributed by atoms with Crippen molar-refractivity contribution < 1.29 is 19.0 Å². The fourth-order valence-corrected chi connectivity index (χ4v) is 5.24. The number of allylic oxidation sites excluding steroid dienone is 1. The molecular formula is C24H25N3O4S. The van der Waals surface area contributed by atoms with E-state index in [0.29, 0.717) is 40.4 Å². The summed E-state index contributed by atoms with van der Waals surface area (Å²) in [7, 11) is 4.68. The van der Waals surface area contributed by atoms with Crippen LogP contribution in [0.1, 0.15) is 23.5 Å². The molecule has 1 fully saturated rings. The molecule has 0 aliphatic carbocycles. The van der Waals surface area contributed by atoms with Crippen molar-refractivity contribution >= 4 is 23.4 Å². The number of nitriles is 1. The summed E-state index contributed by atoms with van der Waals surface area (Å²) < 4.78 is 16.4. The lowest BCUT2D eigenvalue weighted by Crippen LogP contribution is -2.47. The van der Waals surface area contributed by atoms with Crippen LogP contribution in [0.25, 0.3) is 0 Å². The number of carbonyl (C=O) groups excluding carboxylic acids is 1. The number of rotatable bonds is 5. The van der Waals surface area contributed by atoms with Gasteiger partial charge in [-0.1, -0.05) is 29.5 Å². The number of nitrogens with zero attached hydrogens (tertiary/aromatic N) is 3. The van der Waals surface area contributed by atoms with Crippen molar-refractivity contribution in [3.05, 3.63) is 58.1 Å². The minimum absolute atomic E-state index is 0.0230. The topological polar surface area (TPSA) is 75.0 Å². The van der Waals surface area contributed by atoms with E-state index in [2.05, 4.69) is 35.2 Å². The number of ether oxygens (including phenoxy) is 3. The number of carbonyl (C=O) groups is 1. The number of methoxy groups -OCH3 is 3. The lowest BCUT2D eigenvalue weighted by molar-refractivity contribution is -0.129. The number of benzene rings is 2. The fourth-order valence-electron chi connectivity index (χ4n) is 4.07. The SMILES string of the molecule is COc1cc(OC)c([C@@H]2CC(=O)N3CN(c4ccc(C)cc4)CSC3=C2C#N)cc1OC. The molecule has 0 aromatic heterocycles. The van der Waals surface area contributed by atoms with Crippen molar-refractivity contribution in [2.75, 3.05) is 38.8 Å². The molecule has 4 rings (SSSR count). The van der Waals surface area contributed by atoms with Gasteiger partial charge in [0.05, 0.1) is 50.5 Å². The van der Waals surface area contributed by atoms with Gasteiger partial charge in [-0.3, -0.25) is 9.69 Å². The minimum Gasteiger partial charge on any atom is -0.496 e. The third kappa shape index (κ3) is 3.84. The molecule has 2 aliphatic heterocycles. The minimum atomic E-state index is -0.410. The molecule has 2 heterocycles. The van der Waals surface area contributed by atoms with Crippen LogP contribution < -0.4 is 19.1 Å². The van der Waals surface area contributed by atoms with Gasteiger partial charge >= 0.3 is 0 Å². The molecule has 1 atom stereocenters. The average Bonchev–Trinajstić information content (AvgIpc) is 2.83. The Morgan fingerprint density at radius 1 is 1.03 bits per heavy atom. The number of anilines is 1. The maximum absolute atomic E-state index is 13.2. The Labute approximate surface area is 192 Å². The highest BCUT2D eigenvalue weighted by atomic mass is 32.2. The molecule has 166 valence electrons. The van der Waals surface area contributed by atoms with Crippen molar-refractivity contribution in [3.63, 3.8) is 0 Å².